The molecule has 0 bridgehead atoms. The van der Waals surface area contributed by atoms with Gasteiger partial charge in [0.05, 0.1) is 50.5 Å². The van der Waals surface area contributed by atoms with Crippen LogP contribution in [0.3, 0.4) is 0 Å². The highest BCUT2D eigenvalue weighted by Gasteiger charge is 2.47. The summed E-state index contributed by atoms with van der Waals surface area (Å²) in [5.74, 6) is -6.97. The Hall–Kier alpha value is -3.95. The molecular formula is C42H73NO19. The summed E-state index contributed by atoms with van der Waals surface area (Å²) in [6, 6.07) is 0. The molecule has 0 aromatic rings. The van der Waals surface area contributed by atoms with Gasteiger partial charge in [0.15, 0.2) is 0 Å². The van der Waals surface area contributed by atoms with Crippen LogP contribution in [-0.2, 0) is 62.0 Å². The standard InChI is InChI=1S/C42H73NO19/c1-13-35(4,5)43-28(50)41(11,24-59-32(54)39(9,20-48)22-57-29(51)36(6,14-2)16-44)25-60-33(55)40(10,21-49)23-58-34(56)42(12,26-61-30(52)37(7,15-3)17-45)27-62-31(53)38(8,18-46)19-47/h44-49H,13-27H2,1-12H3,(H,43,50). The molecule has 0 aliphatic carbocycles. The number of amides is 1. The molecule has 0 aliphatic heterocycles. The van der Waals surface area contributed by atoms with Crippen molar-refractivity contribution in [3.63, 3.8) is 0 Å². The van der Waals surface area contributed by atoms with Crippen LogP contribution in [0.15, 0.2) is 0 Å². The van der Waals surface area contributed by atoms with Gasteiger partial charge >= 0.3 is 35.8 Å². The third-order valence-electron chi connectivity index (χ3n) is 11.6. The lowest BCUT2D eigenvalue weighted by Gasteiger charge is -2.35. The number of rotatable bonds is 29. The summed E-state index contributed by atoms with van der Waals surface area (Å²) in [6.07, 6.45) is 0.834. The highest BCUT2D eigenvalue weighted by atomic mass is 16.6. The van der Waals surface area contributed by atoms with E-state index in [1.807, 2.05) is 0 Å². The fraction of sp³-hybridized carbons (Fsp3) is 0.833. The molecule has 0 radical (unpaired) electrons. The van der Waals surface area contributed by atoms with Gasteiger partial charge in [0.2, 0.25) is 5.91 Å². The van der Waals surface area contributed by atoms with Gasteiger partial charge < -0.3 is 64.4 Å². The second-order valence-electron chi connectivity index (χ2n) is 18.7. The predicted molar refractivity (Wildman–Crippen MR) is 218 cm³/mol. The summed E-state index contributed by atoms with van der Waals surface area (Å²) in [5.41, 5.74) is -12.8. The quantitative estimate of drug-likeness (QED) is 0.0394. The molecule has 0 heterocycles. The van der Waals surface area contributed by atoms with Gasteiger partial charge in [-0.2, -0.15) is 0 Å². The van der Waals surface area contributed by atoms with Crippen LogP contribution in [0.4, 0.5) is 0 Å². The normalized spacial score (nSPS) is 17.8. The molecule has 0 aliphatic rings. The number of carbonyl (C=O) groups is 7. The van der Waals surface area contributed by atoms with Crippen LogP contribution < -0.4 is 5.32 Å². The monoisotopic (exact) mass is 895 g/mol. The van der Waals surface area contributed by atoms with Gasteiger partial charge in [-0.25, -0.2) is 0 Å². The van der Waals surface area contributed by atoms with E-state index in [9.17, 15) is 64.2 Å². The molecule has 6 atom stereocenters. The topological polar surface area (TPSA) is 308 Å². The lowest BCUT2D eigenvalue weighted by molar-refractivity contribution is -0.182. The van der Waals surface area contributed by atoms with E-state index >= 15 is 0 Å². The van der Waals surface area contributed by atoms with Crippen molar-refractivity contribution in [3.05, 3.63) is 0 Å². The number of aliphatic hydroxyl groups is 6. The average Bonchev–Trinajstić information content (AvgIpc) is 3.27. The minimum Gasteiger partial charge on any atom is -0.464 e. The van der Waals surface area contributed by atoms with E-state index in [-0.39, 0.29) is 12.8 Å². The van der Waals surface area contributed by atoms with Gasteiger partial charge in [0.1, 0.15) is 66.7 Å². The molecule has 0 spiro atoms. The summed E-state index contributed by atoms with van der Waals surface area (Å²) in [6.45, 7) is 8.44. The highest BCUT2D eigenvalue weighted by Crippen LogP contribution is 2.31. The molecule has 360 valence electrons. The lowest BCUT2D eigenvalue weighted by atomic mass is 9.87. The maximum Gasteiger partial charge on any atom is 0.318 e. The van der Waals surface area contributed by atoms with E-state index in [1.165, 1.54) is 48.5 Å². The molecule has 7 N–H and O–H groups in total. The van der Waals surface area contributed by atoms with Crippen molar-refractivity contribution in [2.45, 2.75) is 108 Å². The van der Waals surface area contributed by atoms with Crippen molar-refractivity contribution in [1.82, 2.24) is 5.32 Å². The van der Waals surface area contributed by atoms with Crippen LogP contribution in [0.1, 0.15) is 102 Å². The van der Waals surface area contributed by atoms with Gasteiger partial charge in [-0.05, 0) is 81.6 Å². The Bertz CT molecular complexity index is 1500. The van der Waals surface area contributed by atoms with E-state index in [0.29, 0.717) is 6.42 Å². The van der Waals surface area contributed by atoms with E-state index in [0.717, 1.165) is 0 Å². The van der Waals surface area contributed by atoms with E-state index in [1.54, 1.807) is 34.6 Å². The van der Waals surface area contributed by atoms with Crippen molar-refractivity contribution < 1.29 is 92.6 Å². The molecule has 20 nitrogen and oxygen atoms in total. The first-order chi connectivity index (χ1) is 28.4. The zero-order valence-corrected chi connectivity index (χ0v) is 38.6. The Morgan fingerprint density at radius 1 is 0.339 bits per heavy atom. The summed E-state index contributed by atoms with van der Waals surface area (Å²) in [4.78, 5) is 92.8. The number of ether oxygens (including phenoxy) is 6. The maximum absolute atomic E-state index is 13.8. The van der Waals surface area contributed by atoms with Crippen molar-refractivity contribution in [3.8, 4) is 0 Å². The van der Waals surface area contributed by atoms with Gasteiger partial charge in [0, 0.05) is 5.54 Å². The molecule has 0 aromatic heterocycles. The zero-order valence-electron chi connectivity index (χ0n) is 38.6. The first kappa shape index (κ1) is 58.0. The zero-order chi connectivity index (χ0) is 48.6. The second-order valence-corrected chi connectivity index (χ2v) is 18.7. The first-order valence-corrected chi connectivity index (χ1v) is 20.5. The largest absolute Gasteiger partial charge is 0.464 e. The van der Waals surface area contributed by atoms with Gasteiger partial charge in [0.25, 0.3) is 0 Å². The van der Waals surface area contributed by atoms with Crippen LogP contribution in [0.2, 0.25) is 0 Å². The van der Waals surface area contributed by atoms with Gasteiger partial charge in [-0.3, -0.25) is 33.6 Å². The number of hydrogen-bond donors (Lipinski definition) is 7. The Morgan fingerprint density at radius 2 is 0.565 bits per heavy atom. The third-order valence-corrected chi connectivity index (χ3v) is 11.6. The van der Waals surface area contributed by atoms with Crippen molar-refractivity contribution in [1.29, 1.82) is 0 Å². The van der Waals surface area contributed by atoms with Crippen molar-refractivity contribution in [2.24, 2.45) is 37.9 Å². The highest BCUT2D eigenvalue weighted by molar-refractivity contribution is 5.85. The Balaban J connectivity index is 6.44. The molecular weight excluding hydrogens is 822 g/mol. The SMILES string of the molecule is CCC(C)(C)NC(=O)C(C)(COC(=O)C(C)(CO)COC(=O)C(C)(CC)CO)COC(=O)C(C)(CO)COC(=O)C(C)(COC(=O)C(C)(CC)CO)COC(=O)C(C)(CO)CO. The third kappa shape index (κ3) is 15.1. The van der Waals surface area contributed by atoms with Crippen LogP contribution >= 0.6 is 0 Å². The second kappa shape index (κ2) is 23.7. The van der Waals surface area contributed by atoms with E-state index in [4.69, 9.17) is 28.4 Å². The Labute approximate surface area is 364 Å². The fourth-order valence-electron chi connectivity index (χ4n) is 4.43. The van der Waals surface area contributed by atoms with E-state index < -0.39 is 164 Å². The maximum atomic E-state index is 13.8. The summed E-state index contributed by atoms with van der Waals surface area (Å²) < 4.78 is 32.3. The van der Waals surface area contributed by atoms with Crippen LogP contribution in [0.25, 0.3) is 0 Å². The van der Waals surface area contributed by atoms with E-state index in [2.05, 4.69) is 5.32 Å². The summed E-state index contributed by atoms with van der Waals surface area (Å²) >= 11 is 0. The molecule has 62 heavy (non-hydrogen) atoms. The molecule has 0 saturated heterocycles. The van der Waals surface area contributed by atoms with Crippen molar-refractivity contribution >= 4 is 41.7 Å². The van der Waals surface area contributed by atoms with Crippen LogP contribution in [0, 0.1) is 37.9 Å². The minimum absolute atomic E-state index is 0.157. The fourth-order valence-corrected chi connectivity index (χ4v) is 4.43. The number of esters is 6. The predicted octanol–water partition coefficient (Wildman–Crippen LogP) is 0.368. The average molecular weight is 896 g/mol. The molecule has 6 unspecified atom stereocenters. The Kier molecular flexibility index (Phi) is 22.1. The Morgan fingerprint density at radius 3 is 0.823 bits per heavy atom. The number of nitrogens with one attached hydrogen (secondary N) is 1. The smallest absolute Gasteiger partial charge is 0.318 e. The minimum atomic E-state index is -2.01. The van der Waals surface area contributed by atoms with Crippen LogP contribution in [0.5, 0.6) is 0 Å². The molecule has 0 fully saturated rings. The molecule has 20 heteroatoms. The molecule has 1 amide bonds. The van der Waals surface area contributed by atoms with Gasteiger partial charge in [-0.1, -0.05) is 20.8 Å². The lowest BCUT2D eigenvalue weighted by Crippen LogP contribution is -2.54. The molecule has 0 saturated carbocycles. The molecule has 0 rings (SSSR count). The van der Waals surface area contributed by atoms with Gasteiger partial charge in [-0.15, -0.1) is 0 Å². The van der Waals surface area contributed by atoms with Crippen LogP contribution in [-0.4, -0.2) is 157 Å². The summed E-state index contributed by atoms with van der Waals surface area (Å²) in [7, 11) is 0. The number of carbonyl (C=O) groups excluding carboxylic acids is 7. The molecule has 0 aromatic carbocycles. The number of aliphatic hydroxyl groups excluding tert-OH is 6. The summed E-state index contributed by atoms with van der Waals surface area (Å²) in [5, 5.41) is 62.0. The number of hydrogen-bond acceptors (Lipinski definition) is 19. The van der Waals surface area contributed by atoms with Crippen molar-refractivity contribution in [2.75, 3.05) is 79.3 Å². The first-order valence-electron chi connectivity index (χ1n) is 20.5.